The van der Waals surface area contributed by atoms with Crippen molar-refractivity contribution in [2.24, 2.45) is 0 Å². The number of amides is 1. The minimum atomic E-state index is 0.0555. The number of carbonyl (C=O) groups is 1. The Kier molecular flexibility index (Phi) is 7.93. The fraction of sp³-hybridized carbons (Fsp3) is 0.500. The van der Waals surface area contributed by atoms with Crippen LogP contribution < -0.4 is 10.6 Å². The number of aryl methyl sites for hydroxylation is 1. The molecule has 0 radical (unpaired) electrons. The lowest BCUT2D eigenvalue weighted by Gasteiger charge is -2.33. The highest BCUT2D eigenvalue weighted by Gasteiger charge is 2.24. The fourth-order valence-corrected chi connectivity index (χ4v) is 3.67. The van der Waals surface area contributed by atoms with Crippen molar-refractivity contribution in [3.8, 4) is 0 Å². The molecule has 1 aliphatic rings. The van der Waals surface area contributed by atoms with E-state index >= 15 is 0 Å². The lowest BCUT2D eigenvalue weighted by molar-refractivity contribution is -0.120. The van der Waals surface area contributed by atoms with Crippen LogP contribution in [0.3, 0.4) is 0 Å². The summed E-state index contributed by atoms with van der Waals surface area (Å²) in [7, 11) is 0. The number of hydrogen-bond donors (Lipinski definition) is 2. The molecule has 2 aromatic rings. The summed E-state index contributed by atoms with van der Waals surface area (Å²) in [5.41, 5.74) is 1.31. The predicted molar refractivity (Wildman–Crippen MR) is 108 cm³/mol. The zero-order valence-corrected chi connectivity index (χ0v) is 16.0. The van der Waals surface area contributed by atoms with Crippen LogP contribution in [0.2, 0.25) is 0 Å². The fourth-order valence-electron chi connectivity index (χ4n) is 3.67. The Labute approximate surface area is 162 Å². The lowest BCUT2D eigenvalue weighted by Crippen LogP contribution is -2.42. The van der Waals surface area contributed by atoms with Crippen molar-refractivity contribution in [3.05, 3.63) is 60.1 Å². The molecule has 0 spiro atoms. The van der Waals surface area contributed by atoms with Gasteiger partial charge in [0.1, 0.15) is 5.76 Å². The number of piperidine rings is 1. The Bertz CT molecular complexity index is 651. The van der Waals surface area contributed by atoms with Gasteiger partial charge in [0.2, 0.25) is 5.91 Å². The smallest absolute Gasteiger partial charge is 0.233 e. The zero-order valence-electron chi connectivity index (χ0n) is 16.0. The van der Waals surface area contributed by atoms with Crippen molar-refractivity contribution >= 4 is 5.91 Å². The second-order valence-electron chi connectivity index (χ2n) is 7.20. The SMILES string of the molecule is O=C(CNC[C@H](c1ccco1)N1CCCCC1)NCCCc1ccccc1. The molecule has 0 saturated carbocycles. The van der Waals surface area contributed by atoms with Gasteiger partial charge in [-0.3, -0.25) is 9.69 Å². The molecule has 5 nitrogen and oxygen atoms in total. The van der Waals surface area contributed by atoms with Crippen LogP contribution in [-0.4, -0.2) is 43.5 Å². The molecule has 2 N–H and O–H groups in total. The summed E-state index contributed by atoms with van der Waals surface area (Å²) in [6.45, 7) is 3.97. The minimum Gasteiger partial charge on any atom is -0.468 e. The molecule has 1 aliphatic heterocycles. The average Bonchev–Trinajstić information content (AvgIpc) is 3.24. The third-order valence-electron chi connectivity index (χ3n) is 5.13. The topological polar surface area (TPSA) is 57.5 Å². The first-order chi connectivity index (χ1) is 13.3. The maximum Gasteiger partial charge on any atom is 0.233 e. The van der Waals surface area contributed by atoms with E-state index in [-0.39, 0.29) is 11.9 Å². The number of nitrogens with one attached hydrogen (secondary N) is 2. The van der Waals surface area contributed by atoms with Gasteiger partial charge in [0.15, 0.2) is 0 Å². The van der Waals surface area contributed by atoms with Gasteiger partial charge in [-0.1, -0.05) is 36.8 Å². The predicted octanol–water partition coefficient (Wildman–Crippen LogP) is 3.15. The summed E-state index contributed by atoms with van der Waals surface area (Å²) in [4.78, 5) is 14.6. The Morgan fingerprint density at radius 1 is 1.07 bits per heavy atom. The summed E-state index contributed by atoms with van der Waals surface area (Å²) < 4.78 is 5.65. The number of nitrogens with zero attached hydrogens (tertiary/aromatic N) is 1. The molecule has 2 heterocycles. The highest BCUT2D eigenvalue weighted by atomic mass is 16.3. The van der Waals surface area contributed by atoms with Crippen molar-refractivity contribution in [3.63, 3.8) is 0 Å². The van der Waals surface area contributed by atoms with E-state index < -0.39 is 0 Å². The molecule has 1 aromatic heterocycles. The van der Waals surface area contributed by atoms with Gasteiger partial charge in [-0.05, 0) is 56.5 Å². The van der Waals surface area contributed by atoms with Crippen molar-refractivity contribution in [2.75, 3.05) is 32.7 Å². The van der Waals surface area contributed by atoms with Crippen LogP contribution in [0.15, 0.2) is 53.1 Å². The van der Waals surface area contributed by atoms with Crippen LogP contribution in [0.1, 0.15) is 43.0 Å². The van der Waals surface area contributed by atoms with Gasteiger partial charge in [-0.25, -0.2) is 0 Å². The molecule has 1 amide bonds. The monoisotopic (exact) mass is 369 g/mol. The molecule has 1 saturated heterocycles. The van der Waals surface area contributed by atoms with Crippen LogP contribution in [0.5, 0.6) is 0 Å². The van der Waals surface area contributed by atoms with Gasteiger partial charge in [-0.2, -0.15) is 0 Å². The van der Waals surface area contributed by atoms with Crippen LogP contribution in [-0.2, 0) is 11.2 Å². The molecular weight excluding hydrogens is 338 g/mol. The van der Waals surface area contributed by atoms with E-state index in [1.165, 1.54) is 24.8 Å². The average molecular weight is 370 g/mol. The first-order valence-electron chi connectivity index (χ1n) is 10.1. The van der Waals surface area contributed by atoms with Crippen LogP contribution >= 0.6 is 0 Å². The van der Waals surface area contributed by atoms with Gasteiger partial charge in [0.25, 0.3) is 0 Å². The first kappa shape index (κ1) is 19.6. The van der Waals surface area contributed by atoms with E-state index in [9.17, 15) is 4.79 Å². The maximum absolute atomic E-state index is 12.1. The normalized spacial score (nSPS) is 16.1. The van der Waals surface area contributed by atoms with Crippen LogP contribution in [0.25, 0.3) is 0 Å². The Balaban J connectivity index is 1.35. The number of benzene rings is 1. The Morgan fingerprint density at radius 2 is 1.89 bits per heavy atom. The molecule has 27 heavy (non-hydrogen) atoms. The van der Waals surface area contributed by atoms with Crippen molar-refractivity contribution in [1.82, 2.24) is 15.5 Å². The summed E-state index contributed by atoms with van der Waals surface area (Å²) in [5, 5.41) is 6.32. The number of rotatable bonds is 10. The summed E-state index contributed by atoms with van der Waals surface area (Å²) in [6.07, 6.45) is 7.45. The molecule has 3 rings (SSSR count). The number of hydrogen-bond acceptors (Lipinski definition) is 4. The largest absolute Gasteiger partial charge is 0.468 e. The van der Waals surface area contributed by atoms with Gasteiger partial charge >= 0.3 is 0 Å². The standard InChI is InChI=1S/C22H31N3O2/c26-22(24-13-7-11-19-9-3-1-4-10-19)18-23-17-20(21-12-8-16-27-21)25-14-5-2-6-15-25/h1,3-4,8-10,12,16,20,23H,2,5-7,11,13-15,17-18H2,(H,24,26)/t20-/m1/s1. The highest BCUT2D eigenvalue weighted by molar-refractivity contribution is 5.77. The van der Waals surface area contributed by atoms with E-state index in [1.54, 1.807) is 6.26 Å². The van der Waals surface area contributed by atoms with Gasteiger partial charge in [0, 0.05) is 13.1 Å². The van der Waals surface area contributed by atoms with Crippen LogP contribution in [0, 0.1) is 0 Å². The van der Waals surface area contributed by atoms with E-state index in [1.807, 2.05) is 18.2 Å². The second-order valence-corrected chi connectivity index (χ2v) is 7.20. The molecule has 146 valence electrons. The molecule has 5 heteroatoms. The minimum absolute atomic E-state index is 0.0555. The molecule has 1 atom stereocenters. The summed E-state index contributed by atoms with van der Waals surface area (Å²) in [6, 6.07) is 14.5. The van der Waals surface area contributed by atoms with Gasteiger partial charge in [0.05, 0.1) is 18.8 Å². The third-order valence-corrected chi connectivity index (χ3v) is 5.13. The van der Waals surface area contributed by atoms with E-state index in [0.717, 1.165) is 38.2 Å². The summed E-state index contributed by atoms with van der Waals surface area (Å²) in [5.74, 6) is 1.03. The molecule has 0 aliphatic carbocycles. The number of carbonyl (C=O) groups excluding carboxylic acids is 1. The van der Waals surface area contributed by atoms with E-state index in [0.29, 0.717) is 13.1 Å². The second kappa shape index (κ2) is 10.9. The lowest BCUT2D eigenvalue weighted by atomic mass is 10.1. The number of likely N-dealkylation sites (tertiary alicyclic amines) is 1. The Morgan fingerprint density at radius 3 is 2.63 bits per heavy atom. The highest BCUT2D eigenvalue weighted by Crippen LogP contribution is 2.24. The molecule has 0 bridgehead atoms. The van der Waals surface area contributed by atoms with Gasteiger partial charge < -0.3 is 15.1 Å². The van der Waals surface area contributed by atoms with E-state index in [4.69, 9.17) is 4.42 Å². The van der Waals surface area contributed by atoms with Crippen molar-refractivity contribution in [1.29, 1.82) is 0 Å². The quantitative estimate of drug-likeness (QED) is 0.632. The third kappa shape index (κ3) is 6.52. The number of furan rings is 1. The summed E-state index contributed by atoms with van der Waals surface area (Å²) >= 11 is 0. The first-order valence-corrected chi connectivity index (χ1v) is 10.1. The molecular formula is C22H31N3O2. The van der Waals surface area contributed by atoms with Crippen LogP contribution in [0.4, 0.5) is 0 Å². The van der Waals surface area contributed by atoms with Crippen molar-refractivity contribution in [2.45, 2.75) is 38.1 Å². The van der Waals surface area contributed by atoms with Gasteiger partial charge in [-0.15, -0.1) is 0 Å². The zero-order chi connectivity index (χ0) is 18.7. The van der Waals surface area contributed by atoms with Crippen molar-refractivity contribution < 1.29 is 9.21 Å². The molecule has 1 fully saturated rings. The van der Waals surface area contributed by atoms with E-state index in [2.05, 4.69) is 39.8 Å². The Hall–Kier alpha value is -2.11. The molecule has 0 unspecified atom stereocenters. The maximum atomic E-state index is 12.1. The molecule has 1 aromatic carbocycles.